The first-order valence-corrected chi connectivity index (χ1v) is 9.54. The number of aliphatic carboxylic acids is 1. The molecular weight excluding hydrogens is 420 g/mol. The first-order valence-electron chi connectivity index (χ1n) is 9.54. The molecule has 0 radical (unpaired) electrons. The topological polar surface area (TPSA) is 244 Å². The van der Waals surface area contributed by atoms with Crippen LogP contribution >= 0.6 is 0 Å². The minimum atomic E-state index is -1.54. The van der Waals surface area contributed by atoms with Crippen molar-refractivity contribution in [3.63, 3.8) is 0 Å². The average Bonchev–Trinajstić information content (AvgIpc) is 2.69. The van der Waals surface area contributed by atoms with E-state index >= 15 is 0 Å². The third-order valence-electron chi connectivity index (χ3n) is 4.71. The lowest BCUT2D eigenvalue weighted by Crippen LogP contribution is -2.64. The summed E-state index contributed by atoms with van der Waals surface area (Å²) in [5.41, 5.74) is 10.9. The number of hydrogen-bond acceptors (Lipinski definition) is 10. The average molecular weight is 450 g/mol. The van der Waals surface area contributed by atoms with Crippen molar-refractivity contribution in [1.82, 2.24) is 10.6 Å². The van der Waals surface area contributed by atoms with Gasteiger partial charge >= 0.3 is 5.97 Å². The van der Waals surface area contributed by atoms with Crippen molar-refractivity contribution in [2.45, 2.75) is 75.5 Å². The van der Waals surface area contributed by atoms with Gasteiger partial charge in [-0.2, -0.15) is 0 Å². The van der Waals surface area contributed by atoms with Gasteiger partial charge in [0.2, 0.25) is 17.7 Å². The fraction of sp³-hybridized carbons (Fsp3) is 0.765. The molecule has 8 atom stereocenters. The second-order valence-electron chi connectivity index (χ2n) is 7.18. The second kappa shape index (κ2) is 11.9. The molecule has 1 aliphatic rings. The van der Waals surface area contributed by atoms with E-state index in [0.717, 1.165) is 0 Å². The molecule has 0 aliphatic carbocycles. The van der Waals surface area contributed by atoms with E-state index in [-0.39, 0.29) is 6.42 Å². The Morgan fingerprint density at radius 1 is 1.13 bits per heavy atom. The number of carboxylic acids is 1. The number of carbonyl (C=O) groups is 4. The summed E-state index contributed by atoms with van der Waals surface area (Å²) in [4.78, 5) is 46.6. The van der Waals surface area contributed by atoms with Gasteiger partial charge in [-0.15, -0.1) is 0 Å². The monoisotopic (exact) mass is 450 g/mol. The van der Waals surface area contributed by atoms with Crippen LogP contribution in [0.4, 0.5) is 0 Å². The van der Waals surface area contributed by atoms with Crippen LogP contribution in [0.25, 0.3) is 0 Å². The second-order valence-corrected chi connectivity index (χ2v) is 7.18. The third kappa shape index (κ3) is 7.68. The van der Waals surface area contributed by atoms with Crippen molar-refractivity contribution in [3.05, 3.63) is 0 Å². The van der Waals surface area contributed by atoms with E-state index in [1.165, 1.54) is 13.8 Å². The number of ether oxygens (including phenoxy) is 2. The lowest BCUT2D eigenvalue weighted by atomic mass is 9.97. The van der Waals surface area contributed by atoms with Gasteiger partial charge in [-0.05, 0) is 20.3 Å². The zero-order valence-electron chi connectivity index (χ0n) is 17.1. The van der Waals surface area contributed by atoms with Gasteiger partial charge in [0.25, 0.3) is 0 Å². The Morgan fingerprint density at radius 2 is 1.74 bits per heavy atom. The highest BCUT2D eigenvalue weighted by Crippen LogP contribution is 2.22. The van der Waals surface area contributed by atoms with E-state index in [1.807, 2.05) is 0 Å². The van der Waals surface area contributed by atoms with Crippen LogP contribution in [0.15, 0.2) is 0 Å². The Labute approximate surface area is 177 Å². The Hall–Kier alpha value is -2.36. The lowest BCUT2D eigenvalue weighted by molar-refractivity contribution is -0.261. The maximum Gasteiger partial charge on any atom is 0.303 e. The number of nitrogens with one attached hydrogen (secondary N) is 2. The third-order valence-corrected chi connectivity index (χ3v) is 4.71. The minimum Gasteiger partial charge on any atom is -0.481 e. The van der Waals surface area contributed by atoms with Gasteiger partial charge < -0.3 is 52.0 Å². The maximum atomic E-state index is 12.4. The summed E-state index contributed by atoms with van der Waals surface area (Å²) in [6.07, 6.45) is -7.23. The molecule has 1 heterocycles. The van der Waals surface area contributed by atoms with Crippen LogP contribution in [-0.2, 0) is 28.7 Å². The Bertz CT molecular complexity index is 663. The minimum absolute atomic E-state index is 0.218. The summed E-state index contributed by atoms with van der Waals surface area (Å²) in [6.45, 7) is 2.01. The van der Waals surface area contributed by atoms with E-state index < -0.39 is 85.5 Å². The largest absolute Gasteiger partial charge is 0.481 e. The van der Waals surface area contributed by atoms with E-state index in [2.05, 4.69) is 10.6 Å². The molecule has 1 rings (SSSR count). The van der Waals surface area contributed by atoms with E-state index in [4.69, 9.17) is 26.0 Å². The van der Waals surface area contributed by atoms with Crippen molar-refractivity contribution in [3.8, 4) is 0 Å². The van der Waals surface area contributed by atoms with Crippen molar-refractivity contribution in [1.29, 1.82) is 0 Å². The number of hydrogen-bond donors (Lipinski definition) is 8. The highest BCUT2D eigenvalue weighted by atomic mass is 16.6. The van der Waals surface area contributed by atoms with Crippen LogP contribution < -0.4 is 22.1 Å². The van der Waals surface area contributed by atoms with Gasteiger partial charge in [-0.3, -0.25) is 19.2 Å². The number of aliphatic hydroxyl groups is 3. The van der Waals surface area contributed by atoms with Crippen molar-refractivity contribution >= 4 is 23.7 Å². The van der Waals surface area contributed by atoms with Gasteiger partial charge in [0.15, 0.2) is 6.29 Å². The van der Waals surface area contributed by atoms with Crippen LogP contribution in [-0.4, -0.2) is 99.6 Å². The molecule has 0 aromatic carbocycles. The quantitative estimate of drug-likeness (QED) is 0.149. The van der Waals surface area contributed by atoms with Gasteiger partial charge in [0.1, 0.15) is 36.5 Å². The zero-order chi connectivity index (χ0) is 23.9. The molecule has 31 heavy (non-hydrogen) atoms. The van der Waals surface area contributed by atoms with Crippen LogP contribution in [0.5, 0.6) is 0 Å². The standard InChI is InChI=1S/C17H30N4O10/c1-6(15(27)21-8(14(19)26)3-4-10(23)24)20-16(28)7(2)30-13-11(18)17(29)31-9(5-22)12(13)25/h6-9,11-13,17,22,25,29H,3-5,18H2,1-2H3,(H2,19,26)(H,20,28)(H,21,27)(H,23,24)/t6-,7+,8+,9?,11?,12?,13?,17+/m0/s1. The van der Waals surface area contributed by atoms with E-state index in [9.17, 15) is 34.5 Å². The van der Waals surface area contributed by atoms with E-state index in [0.29, 0.717) is 0 Å². The lowest BCUT2D eigenvalue weighted by Gasteiger charge is -2.41. The predicted octanol–water partition coefficient (Wildman–Crippen LogP) is -4.50. The van der Waals surface area contributed by atoms with Gasteiger partial charge in [-0.1, -0.05) is 0 Å². The van der Waals surface area contributed by atoms with Crippen LogP contribution in [0.1, 0.15) is 26.7 Å². The van der Waals surface area contributed by atoms with Crippen molar-refractivity contribution in [2.75, 3.05) is 6.61 Å². The fourth-order valence-corrected chi connectivity index (χ4v) is 2.82. The maximum absolute atomic E-state index is 12.4. The fourth-order valence-electron chi connectivity index (χ4n) is 2.82. The number of carboxylic acid groups (broad SMARTS) is 1. The molecular formula is C17H30N4O10. The molecule has 1 fully saturated rings. The molecule has 0 saturated carbocycles. The first kappa shape index (κ1) is 26.7. The van der Waals surface area contributed by atoms with Crippen LogP contribution in [0.3, 0.4) is 0 Å². The van der Waals surface area contributed by atoms with E-state index in [1.54, 1.807) is 0 Å². The Balaban J connectivity index is 2.66. The number of nitrogens with two attached hydrogens (primary N) is 2. The summed E-state index contributed by atoms with van der Waals surface area (Å²) in [6, 6.07) is -3.59. The molecule has 0 bridgehead atoms. The SMILES string of the molecule is C[C@H](NC(=O)[C@@H](C)OC1C(O)C(CO)O[C@@H](O)C1N)C(=O)N[C@H](CCC(=O)O)C(N)=O. The molecule has 178 valence electrons. The summed E-state index contributed by atoms with van der Waals surface area (Å²) in [5.74, 6) is -3.66. The zero-order valence-corrected chi connectivity index (χ0v) is 17.1. The number of carbonyl (C=O) groups excluding carboxylic acids is 3. The highest BCUT2D eigenvalue weighted by molar-refractivity contribution is 5.92. The summed E-state index contributed by atoms with van der Waals surface area (Å²) < 4.78 is 10.4. The van der Waals surface area contributed by atoms with Crippen LogP contribution in [0.2, 0.25) is 0 Å². The summed E-state index contributed by atoms with van der Waals surface area (Å²) >= 11 is 0. The molecule has 0 spiro atoms. The molecule has 0 aromatic heterocycles. The summed E-state index contributed by atoms with van der Waals surface area (Å²) in [5, 5.41) is 42.4. The first-order chi connectivity index (χ1) is 14.4. The number of rotatable bonds is 11. The smallest absolute Gasteiger partial charge is 0.303 e. The van der Waals surface area contributed by atoms with Gasteiger partial charge in [-0.25, -0.2) is 0 Å². The number of amides is 3. The Kier molecular flexibility index (Phi) is 10.2. The Morgan fingerprint density at radius 3 is 2.26 bits per heavy atom. The number of primary amides is 1. The van der Waals surface area contributed by atoms with Gasteiger partial charge in [0, 0.05) is 6.42 Å². The molecule has 1 aliphatic heterocycles. The molecule has 1 saturated heterocycles. The molecule has 14 nitrogen and oxygen atoms in total. The normalized spacial score (nSPS) is 28.8. The van der Waals surface area contributed by atoms with Crippen molar-refractivity contribution < 1.29 is 49.1 Å². The molecule has 10 N–H and O–H groups in total. The van der Waals surface area contributed by atoms with Crippen molar-refractivity contribution in [2.24, 2.45) is 11.5 Å². The number of aliphatic hydroxyl groups excluding tert-OH is 3. The highest BCUT2D eigenvalue weighted by Gasteiger charge is 2.44. The molecule has 0 aromatic rings. The molecule has 14 heteroatoms. The molecule has 3 amide bonds. The summed E-state index contributed by atoms with van der Waals surface area (Å²) in [7, 11) is 0. The van der Waals surface area contributed by atoms with Crippen LogP contribution in [0, 0.1) is 0 Å². The molecule has 4 unspecified atom stereocenters. The van der Waals surface area contributed by atoms with Gasteiger partial charge in [0.05, 0.1) is 12.6 Å². The predicted molar refractivity (Wildman–Crippen MR) is 102 cm³/mol.